The summed E-state index contributed by atoms with van der Waals surface area (Å²) in [4.78, 5) is 0. The molecule has 0 aromatic heterocycles. The Morgan fingerprint density at radius 3 is 2.36 bits per heavy atom. The van der Waals surface area contributed by atoms with Gasteiger partial charge >= 0.3 is 0 Å². The van der Waals surface area contributed by atoms with E-state index in [2.05, 4.69) is 0 Å². The van der Waals surface area contributed by atoms with Crippen molar-refractivity contribution in [3.05, 3.63) is 22.7 Å². The molecule has 14 heavy (non-hydrogen) atoms. The van der Waals surface area contributed by atoms with Gasteiger partial charge < -0.3 is 15.2 Å². The van der Waals surface area contributed by atoms with Gasteiger partial charge in [-0.25, -0.2) is 0 Å². The van der Waals surface area contributed by atoms with Crippen LogP contribution in [0.4, 0.5) is 0 Å². The summed E-state index contributed by atoms with van der Waals surface area (Å²) in [5, 5.41) is 0.463. The molecule has 3 nitrogen and oxygen atoms in total. The fraction of sp³-hybridized carbons (Fsp3) is 0.400. The van der Waals surface area contributed by atoms with Gasteiger partial charge in [-0.2, -0.15) is 0 Å². The second kappa shape index (κ2) is 4.53. The standard InChI is InChI=1S/C10H14ClNO2/c1-6(12)7-4-5-8(13-2)9(11)10(7)14-3/h4-6H,12H2,1-3H3/t6-/m0/s1. The molecule has 1 aromatic rings. The van der Waals surface area contributed by atoms with Crippen molar-refractivity contribution >= 4 is 11.6 Å². The quantitative estimate of drug-likeness (QED) is 0.842. The molecule has 0 heterocycles. The number of halogens is 1. The molecule has 4 heteroatoms. The molecule has 0 fully saturated rings. The Morgan fingerprint density at radius 1 is 1.29 bits per heavy atom. The van der Waals surface area contributed by atoms with Crippen LogP contribution >= 0.6 is 11.6 Å². The average Bonchev–Trinajstić information content (AvgIpc) is 2.17. The van der Waals surface area contributed by atoms with Gasteiger partial charge in [0.1, 0.15) is 16.5 Å². The number of rotatable bonds is 3. The predicted molar refractivity (Wildman–Crippen MR) is 57.2 cm³/mol. The van der Waals surface area contributed by atoms with Crippen LogP contribution in [0.1, 0.15) is 18.5 Å². The Labute approximate surface area is 88.8 Å². The molecule has 0 spiro atoms. The lowest BCUT2D eigenvalue weighted by Crippen LogP contribution is -2.07. The van der Waals surface area contributed by atoms with E-state index in [1.54, 1.807) is 20.3 Å². The van der Waals surface area contributed by atoms with Gasteiger partial charge in [-0.15, -0.1) is 0 Å². The van der Waals surface area contributed by atoms with Gasteiger partial charge in [0.05, 0.1) is 14.2 Å². The summed E-state index contributed by atoms with van der Waals surface area (Å²) in [6.07, 6.45) is 0. The summed E-state index contributed by atoms with van der Waals surface area (Å²) in [6.45, 7) is 1.88. The van der Waals surface area contributed by atoms with Crippen molar-refractivity contribution in [3.8, 4) is 11.5 Å². The van der Waals surface area contributed by atoms with Gasteiger partial charge in [0, 0.05) is 11.6 Å². The van der Waals surface area contributed by atoms with Crippen molar-refractivity contribution in [2.75, 3.05) is 14.2 Å². The van der Waals surface area contributed by atoms with Gasteiger partial charge in [0.2, 0.25) is 0 Å². The van der Waals surface area contributed by atoms with Crippen LogP contribution in [-0.2, 0) is 0 Å². The number of methoxy groups -OCH3 is 2. The summed E-state index contributed by atoms with van der Waals surface area (Å²) in [7, 11) is 3.12. The lowest BCUT2D eigenvalue weighted by molar-refractivity contribution is 0.389. The van der Waals surface area contributed by atoms with E-state index < -0.39 is 0 Å². The first-order valence-electron chi connectivity index (χ1n) is 4.27. The zero-order valence-electron chi connectivity index (χ0n) is 8.50. The minimum atomic E-state index is -0.117. The van der Waals surface area contributed by atoms with E-state index >= 15 is 0 Å². The molecule has 2 N–H and O–H groups in total. The molecule has 0 amide bonds. The van der Waals surface area contributed by atoms with Crippen molar-refractivity contribution in [1.29, 1.82) is 0 Å². The number of hydrogen-bond acceptors (Lipinski definition) is 3. The first kappa shape index (κ1) is 11.1. The van der Waals surface area contributed by atoms with Gasteiger partial charge in [0.25, 0.3) is 0 Å². The average molecular weight is 216 g/mol. The molecule has 1 aromatic carbocycles. The Hall–Kier alpha value is -0.930. The minimum absolute atomic E-state index is 0.117. The molecule has 0 radical (unpaired) electrons. The Morgan fingerprint density at radius 2 is 1.93 bits per heavy atom. The van der Waals surface area contributed by atoms with Gasteiger partial charge in [-0.3, -0.25) is 0 Å². The van der Waals surface area contributed by atoms with Crippen LogP contribution in [0, 0.1) is 0 Å². The van der Waals surface area contributed by atoms with Gasteiger partial charge in [-0.1, -0.05) is 11.6 Å². The first-order chi connectivity index (χ1) is 6.61. The first-order valence-corrected chi connectivity index (χ1v) is 4.65. The molecule has 0 unspecified atom stereocenters. The number of nitrogens with two attached hydrogens (primary N) is 1. The number of hydrogen-bond donors (Lipinski definition) is 1. The molecule has 0 saturated carbocycles. The highest BCUT2D eigenvalue weighted by atomic mass is 35.5. The Balaban J connectivity index is 3.28. The Kier molecular flexibility index (Phi) is 3.61. The summed E-state index contributed by atoms with van der Waals surface area (Å²) in [5.41, 5.74) is 6.64. The number of ether oxygens (including phenoxy) is 2. The number of benzene rings is 1. The lowest BCUT2D eigenvalue weighted by atomic mass is 10.1. The summed E-state index contributed by atoms with van der Waals surface area (Å²) in [5.74, 6) is 1.17. The van der Waals surface area contributed by atoms with E-state index in [9.17, 15) is 0 Å². The minimum Gasteiger partial charge on any atom is -0.495 e. The van der Waals surface area contributed by atoms with E-state index in [0.29, 0.717) is 16.5 Å². The van der Waals surface area contributed by atoms with Crippen molar-refractivity contribution in [1.82, 2.24) is 0 Å². The van der Waals surface area contributed by atoms with E-state index in [1.807, 2.05) is 13.0 Å². The van der Waals surface area contributed by atoms with Crippen LogP contribution in [0.2, 0.25) is 5.02 Å². The van der Waals surface area contributed by atoms with Crippen LogP contribution < -0.4 is 15.2 Å². The maximum Gasteiger partial charge on any atom is 0.146 e. The molecule has 0 aliphatic heterocycles. The Bertz CT molecular complexity index is 326. The van der Waals surface area contributed by atoms with Gasteiger partial charge in [0.15, 0.2) is 0 Å². The van der Waals surface area contributed by atoms with Crippen LogP contribution in [0.25, 0.3) is 0 Å². The largest absolute Gasteiger partial charge is 0.495 e. The highest BCUT2D eigenvalue weighted by Gasteiger charge is 2.14. The van der Waals surface area contributed by atoms with Crippen LogP contribution in [-0.4, -0.2) is 14.2 Å². The summed E-state index contributed by atoms with van der Waals surface area (Å²) >= 11 is 6.05. The van der Waals surface area contributed by atoms with E-state index in [4.69, 9.17) is 26.8 Å². The molecule has 0 saturated heterocycles. The fourth-order valence-corrected chi connectivity index (χ4v) is 1.60. The van der Waals surface area contributed by atoms with Crippen molar-refractivity contribution in [2.45, 2.75) is 13.0 Å². The zero-order chi connectivity index (χ0) is 10.7. The predicted octanol–water partition coefficient (Wildman–Crippen LogP) is 2.38. The van der Waals surface area contributed by atoms with Crippen molar-refractivity contribution in [3.63, 3.8) is 0 Å². The smallest absolute Gasteiger partial charge is 0.146 e. The zero-order valence-corrected chi connectivity index (χ0v) is 9.26. The highest BCUT2D eigenvalue weighted by molar-refractivity contribution is 6.33. The molecule has 0 aliphatic carbocycles. The molecular weight excluding hydrogens is 202 g/mol. The van der Waals surface area contributed by atoms with E-state index in [0.717, 1.165) is 5.56 Å². The third kappa shape index (κ3) is 1.94. The maximum atomic E-state index is 6.05. The van der Waals surface area contributed by atoms with Crippen LogP contribution in [0.5, 0.6) is 11.5 Å². The van der Waals surface area contributed by atoms with Crippen LogP contribution in [0.3, 0.4) is 0 Å². The molecule has 0 bridgehead atoms. The fourth-order valence-electron chi connectivity index (χ4n) is 1.28. The molecule has 0 aliphatic rings. The SMILES string of the molecule is COc1ccc([C@H](C)N)c(OC)c1Cl. The second-order valence-corrected chi connectivity index (χ2v) is 3.37. The van der Waals surface area contributed by atoms with E-state index in [1.165, 1.54) is 0 Å². The third-order valence-electron chi connectivity index (χ3n) is 2.01. The molecule has 1 atom stereocenters. The van der Waals surface area contributed by atoms with Crippen molar-refractivity contribution < 1.29 is 9.47 Å². The molecular formula is C10H14ClNO2. The summed E-state index contributed by atoms with van der Waals surface area (Å²) < 4.78 is 10.3. The maximum absolute atomic E-state index is 6.05. The second-order valence-electron chi connectivity index (χ2n) is 2.99. The normalized spacial score (nSPS) is 12.4. The topological polar surface area (TPSA) is 44.5 Å². The van der Waals surface area contributed by atoms with Gasteiger partial charge in [-0.05, 0) is 19.1 Å². The van der Waals surface area contributed by atoms with E-state index in [-0.39, 0.29) is 6.04 Å². The third-order valence-corrected chi connectivity index (χ3v) is 2.36. The monoisotopic (exact) mass is 215 g/mol. The van der Waals surface area contributed by atoms with Crippen LogP contribution in [0.15, 0.2) is 12.1 Å². The summed E-state index contributed by atoms with van der Waals surface area (Å²) in [6, 6.07) is 3.52. The van der Waals surface area contributed by atoms with Crippen molar-refractivity contribution in [2.24, 2.45) is 5.73 Å². The molecule has 78 valence electrons. The highest BCUT2D eigenvalue weighted by Crippen LogP contribution is 2.38. The lowest BCUT2D eigenvalue weighted by Gasteiger charge is -2.15. The molecule has 1 rings (SSSR count).